The Morgan fingerprint density at radius 2 is 2.08 bits per heavy atom. The largest absolute Gasteiger partial charge is 0.494 e. The fourth-order valence-electron chi connectivity index (χ4n) is 1.31. The molecule has 0 atom stereocenters. The SMILES string of the molecule is CCOc1ccc(CC)cc1CN. The number of hydrogen-bond donors (Lipinski definition) is 1. The summed E-state index contributed by atoms with van der Waals surface area (Å²) in [4.78, 5) is 0. The molecule has 0 radical (unpaired) electrons. The van der Waals surface area contributed by atoms with Crippen molar-refractivity contribution in [2.45, 2.75) is 26.8 Å². The molecule has 2 N–H and O–H groups in total. The van der Waals surface area contributed by atoms with Gasteiger partial charge in [0.1, 0.15) is 5.75 Å². The zero-order valence-electron chi connectivity index (χ0n) is 8.34. The van der Waals surface area contributed by atoms with Crippen molar-refractivity contribution in [3.63, 3.8) is 0 Å². The lowest BCUT2D eigenvalue weighted by Gasteiger charge is -2.09. The smallest absolute Gasteiger partial charge is 0.123 e. The van der Waals surface area contributed by atoms with E-state index in [0.29, 0.717) is 13.2 Å². The van der Waals surface area contributed by atoms with Crippen LogP contribution in [0.1, 0.15) is 25.0 Å². The van der Waals surface area contributed by atoms with Crippen molar-refractivity contribution in [3.05, 3.63) is 29.3 Å². The normalized spacial score (nSPS) is 10.1. The van der Waals surface area contributed by atoms with Crippen LogP contribution in [0.2, 0.25) is 0 Å². The molecule has 0 fully saturated rings. The average molecular weight is 179 g/mol. The maximum atomic E-state index is 5.62. The van der Waals surface area contributed by atoms with E-state index in [-0.39, 0.29) is 0 Å². The molecule has 0 aromatic heterocycles. The van der Waals surface area contributed by atoms with Crippen molar-refractivity contribution >= 4 is 0 Å². The van der Waals surface area contributed by atoms with E-state index in [1.54, 1.807) is 0 Å². The highest BCUT2D eigenvalue weighted by Crippen LogP contribution is 2.19. The molecule has 2 heteroatoms. The van der Waals surface area contributed by atoms with Crippen LogP contribution in [-0.2, 0) is 13.0 Å². The monoisotopic (exact) mass is 179 g/mol. The van der Waals surface area contributed by atoms with Crippen molar-refractivity contribution in [3.8, 4) is 5.75 Å². The van der Waals surface area contributed by atoms with Gasteiger partial charge in [-0.2, -0.15) is 0 Å². The molecule has 0 saturated carbocycles. The van der Waals surface area contributed by atoms with E-state index in [0.717, 1.165) is 17.7 Å². The van der Waals surface area contributed by atoms with Gasteiger partial charge in [0.2, 0.25) is 0 Å². The molecule has 0 bridgehead atoms. The zero-order chi connectivity index (χ0) is 9.68. The third kappa shape index (κ3) is 2.46. The second kappa shape index (κ2) is 4.87. The fraction of sp³-hybridized carbons (Fsp3) is 0.455. The van der Waals surface area contributed by atoms with Crippen LogP contribution in [-0.4, -0.2) is 6.61 Å². The van der Waals surface area contributed by atoms with E-state index in [2.05, 4.69) is 19.1 Å². The van der Waals surface area contributed by atoms with Crippen molar-refractivity contribution < 1.29 is 4.74 Å². The minimum atomic E-state index is 0.545. The summed E-state index contributed by atoms with van der Waals surface area (Å²) in [5, 5.41) is 0. The van der Waals surface area contributed by atoms with E-state index in [9.17, 15) is 0 Å². The predicted octanol–water partition coefficient (Wildman–Crippen LogP) is 2.11. The van der Waals surface area contributed by atoms with Crippen molar-refractivity contribution in [1.29, 1.82) is 0 Å². The summed E-state index contributed by atoms with van der Waals surface area (Å²) in [7, 11) is 0. The first-order valence-corrected chi connectivity index (χ1v) is 4.76. The minimum Gasteiger partial charge on any atom is -0.494 e. The summed E-state index contributed by atoms with van der Waals surface area (Å²) in [6.45, 7) is 5.35. The lowest BCUT2D eigenvalue weighted by Crippen LogP contribution is -2.02. The van der Waals surface area contributed by atoms with Gasteiger partial charge in [0.05, 0.1) is 6.61 Å². The summed E-state index contributed by atoms with van der Waals surface area (Å²) in [6.07, 6.45) is 1.04. The van der Waals surface area contributed by atoms with Gasteiger partial charge in [0, 0.05) is 12.1 Å². The van der Waals surface area contributed by atoms with Gasteiger partial charge in [-0.1, -0.05) is 19.1 Å². The van der Waals surface area contributed by atoms with Crippen molar-refractivity contribution in [1.82, 2.24) is 0 Å². The highest BCUT2D eigenvalue weighted by Gasteiger charge is 2.01. The van der Waals surface area contributed by atoms with Gasteiger partial charge in [-0.3, -0.25) is 0 Å². The number of aryl methyl sites for hydroxylation is 1. The maximum absolute atomic E-state index is 5.62. The number of benzene rings is 1. The van der Waals surface area contributed by atoms with E-state index in [1.807, 2.05) is 13.0 Å². The third-order valence-corrected chi connectivity index (χ3v) is 2.05. The van der Waals surface area contributed by atoms with Crippen LogP contribution in [0.15, 0.2) is 18.2 Å². The summed E-state index contributed by atoms with van der Waals surface area (Å²) in [5.41, 5.74) is 8.03. The lowest BCUT2D eigenvalue weighted by atomic mass is 10.1. The Morgan fingerprint density at radius 1 is 1.31 bits per heavy atom. The van der Waals surface area contributed by atoms with E-state index in [4.69, 9.17) is 10.5 Å². The standard InChI is InChI=1S/C11H17NO/c1-3-9-5-6-11(13-4-2)10(7-9)8-12/h5-7H,3-4,8,12H2,1-2H3. The number of rotatable bonds is 4. The Labute approximate surface area is 79.7 Å². The molecule has 0 saturated heterocycles. The highest BCUT2D eigenvalue weighted by molar-refractivity contribution is 5.37. The molecule has 0 amide bonds. The predicted molar refractivity (Wildman–Crippen MR) is 54.9 cm³/mol. The Balaban J connectivity index is 2.93. The molecular formula is C11H17NO. The fourth-order valence-corrected chi connectivity index (χ4v) is 1.31. The van der Waals surface area contributed by atoms with Gasteiger partial charge in [-0.15, -0.1) is 0 Å². The van der Waals surface area contributed by atoms with Crippen LogP contribution >= 0.6 is 0 Å². The summed E-state index contributed by atoms with van der Waals surface area (Å²) >= 11 is 0. The van der Waals surface area contributed by atoms with Gasteiger partial charge < -0.3 is 10.5 Å². The molecule has 1 rings (SSSR count). The topological polar surface area (TPSA) is 35.2 Å². The van der Waals surface area contributed by atoms with Crippen LogP contribution in [0.25, 0.3) is 0 Å². The first-order chi connectivity index (χ1) is 6.31. The zero-order valence-corrected chi connectivity index (χ0v) is 8.34. The van der Waals surface area contributed by atoms with Crippen LogP contribution in [0.4, 0.5) is 0 Å². The molecule has 0 aliphatic heterocycles. The van der Waals surface area contributed by atoms with Gasteiger partial charge in [0.25, 0.3) is 0 Å². The Hall–Kier alpha value is -1.02. The summed E-state index contributed by atoms with van der Waals surface area (Å²) in [6, 6.07) is 6.21. The van der Waals surface area contributed by atoms with Crippen molar-refractivity contribution in [2.75, 3.05) is 6.61 Å². The molecular weight excluding hydrogens is 162 g/mol. The molecule has 1 aromatic rings. The van der Waals surface area contributed by atoms with Gasteiger partial charge in [0.15, 0.2) is 0 Å². The summed E-state index contributed by atoms with van der Waals surface area (Å²) < 4.78 is 5.45. The van der Waals surface area contributed by atoms with E-state index < -0.39 is 0 Å². The van der Waals surface area contributed by atoms with Crippen LogP contribution < -0.4 is 10.5 Å². The molecule has 13 heavy (non-hydrogen) atoms. The Kier molecular flexibility index (Phi) is 3.77. The molecule has 1 aromatic carbocycles. The lowest BCUT2D eigenvalue weighted by molar-refractivity contribution is 0.336. The van der Waals surface area contributed by atoms with E-state index >= 15 is 0 Å². The molecule has 0 aliphatic carbocycles. The van der Waals surface area contributed by atoms with Gasteiger partial charge in [-0.25, -0.2) is 0 Å². The highest BCUT2D eigenvalue weighted by atomic mass is 16.5. The van der Waals surface area contributed by atoms with Crippen LogP contribution in [0.5, 0.6) is 5.75 Å². The van der Waals surface area contributed by atoms with Gasteiger partial charge in [-0.05, 0) is 25.0 Å². The van der Waals surface area contributed by atoms with E-state index in [1.165, 1.54) is 5.56 Å². The number of nitrogens with two attached hydrogens (primary N) is 1. The molecule has 0 spiro atoms. The Morgan fingerprint density at radius 3 is 2.62 bits per heavy atom. The molecule has 0 aliphatic rings. The second-order valence-electron chi connectivity index (χ2n) is 2.93. The quantitative estimate of drug-likeness (QED) is 0.768. The Bertz CT molecular complexity index is 271. The molecule has 72 valence electrons. The van der Waals surface area contributed by atoms with Crippen LogP contribution in [0, 0.1) is 0 Å². The van der Waals surface area contributed by atoms with Gasteiger partial charge >= 0.3 is 0 Å². The average Bonchev–Trinajstić information content (AvgIpc) is 2.19. The first kappa shape index (κ1) is 10.1. The number of ether oxygens (including phenoxy) is 1. The summed E-state index contributed by atoms with van der Waals surface area (Å²) in [5.74, 6) is 0.919. The van der Waals surface area contributed by atoms with Crippen LogP contribution in [0.3, 0.4) is 0 Å². The maximum Gasteiger partial charge on any atom is 0.123 e. The second-order valence-corrected chi connectivity index (χ2v) is 2.93. The molecule has 2 nitrogen and oxygen atoms in total. The van der Waals surface area contributed by atoms with Crippen molar-refractivity contribution in [2.24, 2.45) is 5.73 Å². The molecule has 0 heterocycles. The first-order valence-electron chi connectivity index (χ1n) is 4.76. The number of hydrogen-bond acceptors (Lipinski definition) is 2. The third-order valence-electron chi connectivity index (χ3n) is 2.05. The molecule has 0 unspecified atom stereocenters. The minimum absolute atomic E-state index is 0.545.